The van der Waals surface area contributed by atoms with Gasteiger partial charge in [0.15, 0.2) is 6.10 Å². The fourth-order valence-electron chi connectivity index (χ4n) is 2.46. The summed E-state index contributed by atoms with van der Waals surface area (Å²) in [5, 5.41) is 11.1. The standard InChI is InChI=1S/C13H22N5O4P/c1-13(2,3)11(12-14-9-10(15(12)4)18(19)20)22-23(21,16-5-6-16)17-7-8-17/h9,11H,5-8H2,1-4H3. The first-order chi connectivity index (χ1) is 10.6. The van der Waals surface area contributed by atoms with Crippen LogP contribution in [0, 0.1) is 15.5 Å². The number of nitro groups is 1. The van der Waals surface area contributed by atoms with Gasteiger partial charge in [-0.1, -0.05) is 20.8 Å². The summed E-state index contributed by atoms with van der Waals surface area (Å²) in [5.74, 6) is 0.319. The highest BCUT2D eigenvalue weighted by molar-refractivity contribution is 7.54. The first-order valence-corrected chi connectivity index (χ1v) is 9.13. The first-order valence-electron chi connectivity index (χ1n) is 7.60. The summed E-state index contributed by atoms with van der Waals surface area (Å²) >= 11 is 0. The molecule has 2 aliphatic rings. The average Bonchev–Trinajstić information content (AvgIpc) is 3.32. The van der Waals surface area contributed by atoms with E-state index in [9.17, 15) is 14.7 Å². The van der Waals surface area contributed by atoms with Crippen LogP contribution in [0.5, 0.6) is 0 Å². The molecule has 0 amide bonds. The van der Waals surface area contributed by atoms with Crippen molar-refractivity contribution in [1.29, 1.82) is 0 Å². The number of imidazole rings is 1. The molecule has 1 unspecified atom stereocenters. The fraction of sp³-hybridized carbons (Fsp3) is 0.769. The van der Waals surface area contributed by atoms with Gasteiger partial charge in [0, 0.05) is 26.2 Å². The molecule has 9 nitrogen and oxygen atoms in total. The van der Waals surface area contributed by atoms with E-state index in [-0.39, 0.29) is 5.82 Å². The van der Waals surface area contributed by atoms with Gasteiger partial charge in [-0.25, -0.2) is 18.9 Å². The number of rotatable bonds is 6. The van der Waals surface area contributed by atoms with Gasteiger partial charge in [-0.2, -0.15) is 0 Å². The predicted molar refractivity (Wildman–Crippen MR) is 83.9 cm³/mol. The van der Waals surface area contributed by atoms with Crippen molar-refractivity contribution in [3.63, 3.8) is 0 Å². The van der Waals surface area contributed by atoms with E-state index < -0.39 is 24.1 Å². The van der Waals surface area contributed by atoms with Crippen LogP contribution in [0.25, 0.3) is 0 Å². The van der Waals surface area contributed by atoms with Crippen LogP contribution in [0.1, 0.15) is 32.7 Å². The van der Waals surface area contributed by atoms with Gasteiger partial charge in [-0.05, 0) is 10.3 Å². The summed E-state index contributed by atoms with van der Waals surface area (Å²) in [4.78, 5) is 14.8. The van der Waals surface area contributed by atoms with Crippen LogP contribution >= 0.6 is 7.67 Å². The summed E-state index contributed by atoms with van der Waals surface area (Å²) in [6, 6.07) is 0. The number of hydrogen-bond acceptors (Lipinski definition) is 5. The van der Waals surface area contributed by atoms with E-state index in [0.29, 0.717) is 5.82 Å². The summed E-state index contributed by atoms with van der Waals surface area (Å²) in [7, 11) is -1.46. The molecular formula is C13H22N5O4P. The molecule has 0 aromatic carbocycles. The van der Waals surface area contributed by atoms with E-state index in [1.165, 1.54) is 10.8 Å². The van der Waals surface area contributed by atoms with Gasteiger partial charge in [-0.15, -0.1) is 0 Å². The smallest absolute Gasteiger partial charge is 0.347 e. The van der Waals surface area contributed by atoms with E-state index in [2.05, 4.69) is 4.98 Å². The lowest BCUT2D eigenvalue weighted by atomic mass is 9.89. The van der Waals surface area contributed by atoms with Crippen LogP contribution in [-0.2, 0) is 16.1 Å². The molecule has 1 aromatic rings. The Bertz CT molecular complexity index is 658. The zero-order valence-electron chi connectivity index (χ0n) is 13.8. The third-order valence-corrected chi connectivity index (χ3v) is 6.73. The number of hydrogen-bond donors (Lipinski definition) is 0. The van der Waals surface area contributed by atoms with E-state index in [4.69, 9.17) is 4.52 Å². The highest BCUT2D eigenvalue weighted by Gasteiger charge is 2.53. The monoisotopic (exact) mass is 343 g/mol. The molecule has 128 valence electrons. The second kappa shape index (κ2) is 5.37. The third kappa shape index (κ3) is 3.06. The minimum Gasteiger partial charge on any atom is -0.358 e. The molecule has 23 heavy (non-hydrogen) atoms. The predicted octanol–water partition coefficient (Wildman–Crippen LogP) is 2.17. The molecule has 0 saturated carbocycles. The Labute approximate surface area is 134 Å². The van der Waals surface area contributed by atoms with Gasteiger partial charge >= 0.3 is 13.5 Å². The van der Waals surface area contributed by atoms with Gasteiger partial charge in [0.25, 0.3) is 0 Å². The van der Waals surface area contributed by atoms with Crippen LogP contribution in [0.2, 0.25) is 0 Å². The topological polar surface area (TPSA) is 93.3 Å². The molecular weight excluding hydrogens is 321 g/mol. The maximum atomic E-state index is 13.3. The Hall–Kier alpha value is -1.28. The van der Waals surface area contributed by atoms with E-state index in [1.54, 1.807) is 7.05 Å². The first kappa shape index (κ1) is 16.6. The highest BCUT2D eigenvalue weighted by Crippen LogP contribution is 2.64. The lowest BCUT2D eigenvalue weighted by Gasteiger charge is -2.32. The Morgan fingerprint density at radius 3 is 2.17 bits per heavy atom. The van der Waals surface area contributed by atoms with Crippen LogP contribution in [0.15, 0.2) is 6.20 Å². The van der Waals surface area contributed by atoms with Crippen LogP contribution < -0.4 is 0 Å². The Kier molecular flexibility index (Phi) is 3.87. The molecule has 1 atom stereocenters. The fourth-order valence-corrected chi connectivity index (χ4v) is 4.96. The van der Waals surface area contributed by atoms with Crippen molar-refractivity contribution in [3.8, 4) is 0 Å². The van der Waals surface area contributed by atoms with E-state index in [1.807, 2.05) is 30.1 Å². The quantitative estimate of drug-likeness (QED) is 0.338. The molecule has 2 saturated heterocycles. The third-order valence-electron chi connectivity index (χ3n) is 4.01. The zero-order valence-corrected chi connectivity index (χ0v) is 14.7. The number of nitrogens with zero attached hydrogens (tertiary/aromatic N) is 5. The minimum atomic E-state index is -3.05. The SMILES string of the molecule is Cn1c([N+](=O)[O-])cnc1C(OP(=O)(N1CC1)N1CC1)C(C)(C)C. The van der Waals surface area contributed by atoms with Crippen molar-refractivity contribution in [1.82, 2.24) is 18.9 Å². The summed E-state index contributed by atoms with van der Waals surface area (Å²) in [6.45, 7) is 8.88. The Morgan fingerprint density at radius 1 is 1.30 bits per heavy atom. The normalized spacial score (nSPS) is 20.5. The van der Waals surface area contributed by atoms with Crippen molar-refractivity contribution in [2.24, 2.45) is 12.5 Å². The molecule has 0 N–H and O–H groups in total. The molecule has 2 fully saturated rings. The van der Waals surface area contributed by atoms with Crippen LogP contribution in [0.4, 0.5) is 5.82 Å². The van der Waals surface area contributed by atoms with Crippen molar-refractivity contribution in [3.05, 3.63) is 22.1 Å². The molecule has 2 aliphatic heterocycles. The van der Waals surface area contributed by atoms with Crippen molar-refractivity contribution in [2.75, 3.05) is 26.2 Å². The molecule has 0 bridgehead atoms. The van der Waals surface area contributed by atoms with Crippen molar-refractivity contribution in [2.45, 2.75) is 26.9 Å². The van der Waals surface area contributed by atoms with E-state index in [0.717, 1.165) is 26.2 Å². The van der Waals surface area contributed by atoms with Crippen LogP contribution in [-0.4, -0.2) is 50.0 Å². The maximum absolute atomic E-state index is 13.3. The zero-order chi connectivity index (χ0) is 17.0. The van der Waals surface area contributed by atoms with Gasteiger partial charge in [0.05, 0.1) is 7.05 Å². The summed E-state index contributed by atoms with van der Waals surface area (Å²) in [5.41, 5.74) is -0.408. The molecule has 10 heteroatoms. The Morgan fingerprint density at radius 2 is 1.83 bits per heavy atom. The summed E-state index contributed by atoms with van der Waals surface area (Å²) < 4.78 is 24.5. The lowest BCUT2D eigenvalue weighted by molar-refractivity contribution is -0.391. The van der Waals surface area contributed by atoms with Gasteiger partial charge < -0.3 is 10.1 Å². The molecule has 0 radical (unpaired) electrons. The maximum Gasteiger partial charge on any atom is 0.347 e. The van der Waals surface area contributed by atoms with Crippen molar-refractivity contribution >= 4 is 13.5 Å². The van der Waals surface area contributed by atoms with Gasteiger partial charge in [0.1, 0.15) is 6.20 Å². The minimum absolute atomic E-state index is 0.105. The molecule has 0 spiro atoms. The highest BCUT2D eigenvalue weighted by atomic mass is 31.2. The van der Waals surface area contributed by atoms with Crippen LogP contribution in [0.3, 0.4) is 0 Å². The van der Waals surface area contributed by atoms with Crippen molar-refractivity contribution < 1.29 is 14.0 Å². The van der Waals surface area contributed by atoms with E-state index >= 15 is 0 Å². The number of aromatic nitrogens is 2. The van der Waals surface area contributed by atoms with Gasteiger partial charge in [0.2, 0.25) is 5.82 Å². The molecule has 1 aromatic heterocycles. The average molecular weight is 343 g/mol. The molecule has 3 rings (SSSR count). The largest absolute Gasteiger partial charge is 0.358 e. The molecule has 0 aliphatic carbocycles. The van der Waals surface area contributed by atoms with Gasteiger partial charge in [-0.3, -0.25) is 9.09 Å². The lowest BCUT2D eigenvalue weighted by Crippen LogP contribution is -2.26. The second-order valence-electron chi connectivity index (χ2n) is 7.04. The Balaban J connectivity index is 1.96. The second-order valence-corrected chi connectivity index (χ2v) is 9.36. The summed E-state index contributed by atoms with van der Waals surface area (Å²) in [6.07, 6.45) is 0.616. The molecule has 3 heterocycles.